The molecule has 0 saturated carbocycles. The van der Waals surface area contributed by atoms with Crippen LogP contribution in [0.1, 0.15) is 17.5 Å². The molecule has 0 aromatic heterocycles. The number of aldehydes is 1. The van der Waals surface area contributed by atoms with Crippen LogP contribution in [0.2, 0.25) is 0 Å². The van der Waals surface area contributed by atoms with E-state index < -0.39 is 0 Å². The van der Waals surface area contributed by atoms with Crippen LogP contribution in [-0.4, -0.2) is 6.29 Å². The van der Waals surface area contributed by atoms with Gasteiger partial charge in [0.2, 0.25) is 0 Å². The zero-order chi connectivity index (χ0) is 9.68. The number of hydrogen-bond donors (Lipinski definition) is 1. The molecule has 2 N–H and O–H groups in total. The molecule has 2 nitrogen and oxygen atoms in total. The summed E-state index contributed by atoms with van der Waals surface area (Å²) in [4.78, 5) is 10.0. The number of carbonyl (C=O) groups is 1. The maximum atomic E-state index is 10.0. The van der Waals surface area contributed by atoms with Crippen LogP contribution in [-0.2, 0) is 4.79 Å². The van der Waals surface area contributed by atoms with Gasteiger partial charge in [0.25, 0.3) is 0 Å². The van der Waals surface area contributed by atoms with E-state index in [0.29, 0.717) is 5.69 Å². The summed E-state index contributed by atoms with van der Waals surface area (Å²) < 4.78 is 0. The highest BCUT2D eigenvalue weighted by Gasteiger charge is 1.96. The van der Waals surface area contributed by atoms with Crippen molar-refractivity contribution in [2.24, 2.45) is 0 Å². The third-order valence-corrected chi connectivity index (χ3v) is 1.73. The minimum Gasteiger partial charge on any atom is -0.398 e. The SMILES string of the molecule is Cc1cccc(C#CCC=O)c1N. The van der Waals surface area contributed by atoms with Crippen molar-refractivity contribution < 1.29 is 4.79 Å². The van der Waals surface area contributed by atoms with Crippen LogP contribution in [0.4, 0.5) is 5.69 Å². The number of benzene rings is 1. The van der Waals surface area contributed by atoms with Gasteiger partial charge in [-0.05, 0) is 18.6 Å². The van der Waals surface area contributed by atoms with Gasteiger partial charge < -0.3 is 10.5 Å². The van der Waals surface area contributed by atoms with Crippen molar-refractivity contribution in [1.29, 1.82) is 0 Å². The second kappa shape index (κ2) is 4.32. The normalized spacial score (nSPS) is 8.69. The summed E-state index contributed by atoms with van der Waals surface area (Å²) in [5, 5.41) is 0. The van der Waals surface area contributed by atoms with E-state index in [2.05, 4.69) is 11.8 Å². The molecular weight excluding hydrogens is 162 g/mol. The Hall–Kier alpha value is -1.75. The number of para-hydroxylation sites is 1. The summed E-state index contributed by atoms with van der Waals surface area (Å²) in [7, 11) is 0. The molecule has 0 heterocycles. The summed E-state index contributed by atoms with van der Waals surface area (Å²) in [6, 6.07) is 5.68. The predicted molar refractivity (Wildman–Crippen MR) is 53.2 cm³/mol. The van der Waals surface area contributed by atoms with Crippen LogP contribution in [0.5, 0.6) is 0 Å². The van der Waals surface area contributed by atoms with E-state index in [4.69, 9.17) is 5.73 Å². The smallest absolute Gasteiger partial charge is 0.131 e. The van der Waals surface area contributed by atoms with E-state index in [1.54, 1.807) is 0 Å². The van der Waals surface area contributed by atoms with Crippen LogP contribution in [0.15, 0.2) is 18.2 Å². The lowest BCUT2D eigenvalue weighted by atomic mass is 10.1. The van der Waals surface area contributed by atoms with Crippen molar-refractivity contribution in [3.05, 3.63) is 29.3 Å². The van der Waals surface area contributed by atoms with Gasteiger partial charge in [-0.2, -0.15) is 0 Å². The Balaban J connectivity index is 2.97. The van der Waals surface area contributed by atoms with Gasteiger partial charge in [-0.25, -0.2) is 0 Å². The number of carbonyl (C=O) groups excluding carboxylic acids is 1. The Labute approximate surface area is 77.8 Å². The van der Waals surface area contributed by atoms with Gasteiger partial charge in [-0.3, -0.25) is 0 Å². The molecule has 0 saturated heterocycles. The van der Waals surface area contributed by atoms with E-state index in [9.17, 15) is 4.79 Å². The van der Waals surface area contributed by atoms with E-state index >= 15 is 0 Å². The Bertz CT molecular complexity index is 371. The Morgan fingerprint density at radius 3 is 3.00 bits per heavy atom. The standard InChI is InChI=1S/C11H11NO/c1-9-5-4-7-10(11(9)12)6-2-3-8-13/h4-5,7-8H,3,12H2,1H3. The molecule has 0 aliphatic heterocycles. The molecule has 0 aliphatic carbocycles. The highest BCUT2D eigenvalue weighted by atomic mass is 16.1. The first-order chi connectivity index (χ1) is 6.25. The fourth-order valence-electron chi connectivity index (χ4n) is 0.978. The summed E-state index contributed by atoms with van der Waals surface area (Å²) in [6.07, 6.45) is 1.03. The lowest BCUT2D eigenvalue weighted by Gasteiger charge is -2.00. The van der Waals surface area contributed by atoms with E-state index in [1.807, 2.05) is 25.1 Å². The number of nitrogens with two attached hydrogens (primary N) is 1. The molecule has 2 heteroatoms. The maximum absolute atomic E-state index is 10.0. The first-order valence-corrected chi connectivity index (χ1v) is 4.03. The molecule has 0 spiro atoms. The molecule has 66 valence electrons. The average molecular weight is 173 g/mol. The van der Waals surface area contributed by atoms with Crippen LogP contribution < -0.4 is 5.73 Å². The fraction of sp³-hybridized carbons (Fsp3) is 0.182. The van der Waals surface area contributed by atoms with Crippen LogP contribution in [0.3, 0.4) is 0 Å². The van der Waals surface area contributed by atoms with Gasteiger partial charge >= 0.3 is 0 Å². The molecule has 1 aromatic rings. The van der Waals surface area contributed by atoms with Crippen molar-refractivity contribution in [1.82, 2.24) is 0 Å². The number of rotatable bonds is 1. The van der Waals surface area contributed by atoms with Crippen molar-refractivity contribution >= 4 is 12.0 Å². The summed E-state index contributed by atoms with van der Waals surface area (Å²) >= 11 is 0. The predicted octanol–water partition coefficient (Wildman–Crippen LogP) is 1.52. The highest BCUT2D eigenvalue weighted by Crippen LogP contribution is 2.14. The quantitative estimate of drug-likeness (QED) is 0.397. The van der Waals surface area contributed by atoms with Gasteiger partial charge in [-0.1, -0.05) is 24.0 Å². The molecule has 13 heavy (non-hydrogen) atoms. The molecule has 0 unspecified atom stereocenters. The lowest BCUT2D eigenvalue weighted by molar-refractivity contribution is -0.107. The van der Waals surface area contributed by atoms with E-state index in [1.165, 1.54) is 0 Å². The van der Waals surface area contributed by atoms with Crippen LogP contribution in [0, 0.1) is 18.8 Å². The van der Waals surface area contributed by atoms with E-state index in [0.717, 1.165) is 17.4 Å². The van der Waals surface area contributed by atoms with Crippen molar-refractivity contribution in [3.8, 4) is 11.8 Å². The average Bonchev–Trinajstić information content (AvgIpc) is 2.13. The Kier molecular flexibility index (Phi) is 3.10. The van der Waals surface area contributed by atoms with Gasteiger partial charge in [-0.15, -0.1) is 0 Å². The molecule has 1 rings (SSSR count). The highest BCUT2D eigenvalue weighted by molar-refractivity contribution is 5.62. The van der Waals surface area contributed by atoms with Crippen molar-refractivity contribution in [2.45, 2.75) is 13.3 Å². The zero-order valence-electron chi connectivity index (χ0n) is 7.50. The second-order valence-corrected chi connectivity index (χ2v) is 2.71. The minimum atomic E-state index is 0.257. The number of nitrogen functional groups attached to an aromatic ring is 1. The number of aryl methyl sites for hydroxylation is 1. The van der Waals surface area contributed by atoms with Crippen LogP contribution in [0.25, 0.3) is 0 Å². The molecule has 1 aromatic carbocycles. The fourth-order valence-corrected chi connectivity index (χ4v) is 0.978. The molecule has 0 fully saturated rings. The van der Waals surface area contributed by atoms with Crippen molar-refractivity contribution in [2.75, 3.05) is 5.73 Å². The maximum Gasteiger partial charge on any atom is 0.131 e. The van der Waals surface area contributed by atoms with Gasteiger partial charge in [0.1, 0.15) is 6.29 Å². The minimum absolute atomic E-state index is 0.257. The first-order valence-electron chi connectivity index (χ1n) is 4.03. The summed E-state index contributed by atoms with van der Waals surface area (Å²) in [6.45, 7) is 1.93. The number of hydrogen-bond acceptors (Lipinski definition) is 2. The molecular formula is C11H11NO. The second-order valence-electron chi connectivity index (χ2n) is 2.71. The molecule has 0 atom stereocenters. The zero-order valence-corrected chi connectivity index (χ0v) is 7.50. The molecule has 0 radical (unpaired) electrons. The van der Waals surface area contributed by atoms with Gasteiger partial charge in [0, 0.05) is 5.56 Å². The number of anilines is 1. The molecule has 0 aliphatic rings. The summed E-state index contributed by atoms with van der Waals surface area (Å²) in [5.41, 5.74) is 8.27. The first kappa shape index (κ1) is 9.34. The Morgan fingerprint density at radius 2 is 2.31 bits per heavy atom. The topological polar surface area (TPSA) is 43.1 Å². The van der Waals surface area contributed by atoms with Gasteiger partial charge in [0.05, 0.1) is 12.1 Å². The third kappa shape index (κ3) is 2.34. The Morgan fingerprint density at radius 1 is 1.54 bits per heavy atom. The molecule has 0 amide bonds. The third-order valence-electron chi connectivity index (χ3n) is 1.73. The van der Waals surface area contributed by atoms with Crippen molar-refractivity contribution in [3.63, 3.8) is 0 Å². The monoisotopic (exact) mass is 173 g/mol. The largest absolute Gasteiger partial charge is 0.398 e. The van der Waals surface area contributed by atoms with Gasteiger partial charge in [0.15, 0.2) is 0 Å². The summed E-state index contributed by atoms with van der Waals surface area (Å²) in [5.74, 6) is 5.57. The van der Waals surface area contributed by atoms with E-state index in [-0.39, 0.29) is 6.42 Å². The lowest BCUT2D eigenvalue weighted by Crippen LogP contribution is -1.92. The van der Waals surface area contributed by atoms with Crippen LogP contribution >= 0.6 is 0 Å². The molecule has 0 bridgehead atoms.